The maximum Gasteiger partial charge on any atom is 0.227 e. The maximum absolute atomic E-state index is 11.9. The van der Waals surface area contributed by atoms with E-state index in [0.717, 1.165) is 16.9 Å². The van der Waals surface area contributed by atoms with Crippen molar-refractivity contribution in [3.8, 4) is 5.82 Å². The van der Waals surface area contributed by atoms with Crippen LogP contribution in [0.25, 0.3) is 16.9 Å². The minimum Gasteiger partial charge on any atom is -0.392 e. The van der Waals surface area contributed by atoms with Crippen LogP contribution in [-0.4, -0.2) is 31.7 Å². The minimum absolute atomic E-state index is 0.0470. The van der Waals surface area contributed by atoms with E-state index in [1.54, 1.807) is 18.6 Å². The Kier molecular flexibility index (Phi) is 4.57. The highest BCUT2D eigenvalue weighted by Gasteiger charge is 2.14. The third kappa shape index (κ3) is 3.44. The Morgan fingerprint density at radius 2 is 2.00 bits per heavy atom. The summed E-state index contributed by atoms with van der Waals surface area (Å²) in [6.45, 7) is 3.76. The van der Waals surface area contributed by atoms with E-state index >= 15 is 0 Å². The lowest BCUT2D eigenvalue weighted by molar-refractivity contribution is -0.118. The summed E-state index contributed by atoms with van der Waals surface area (Å²) < 4.78 is 1.89. The molecule has 0 bridgehead atoms. The van der Waals surface area contributed by atoms with Crippen LogP contribution in [0.15, 0.2) is 48.9 Å². The van der Waals surface area contributed by atoms with Crippen LogP contribution in [0.3, 0.4) is 0 Å². The molecule has 2 heterocycles. The average molecular weight is 324 g/mol. The highest BCUT2D eigenvalue weighted by molar-refractivity contribution is 5.90. The molecule has 1 unspecified atom stereocenters. The topological polar surface area (TPSA) is 80.0 Å². The van der Waals surface area contributed by atoms with Crippen molar-refractivity contribution in [2.24, 2.45) is 5.92 Å². The van der Waals surface area contributed by atoms with E-state index in [9.17, 15) is 9.90 Å². The van der Waals surface area contributed by atoms with Gasteiger partial charge in [-0.05, 0) is 30.2 Å². The molecule has 3 aromatic rings. The molecular weight excluding hydrogens is 304 g/mol. The normalized spacial score (nSPS) is 12.5. The Bertz CT molecular complexity index is 840. The maximum atomic E-state index is 11.9. The van der Waals surface area contributed by atoms with Crippen molar-refractivity contribution in [3.05, 3.63) is 48.9 Å². The zero-order valence-electron chi connectivity index (χ0n) is 13.7. The van der Waals surface area contributed by atoms with Crippen molar-refractivity contribution >= 4 is 22.6 Å². The number of fused-ring (bicyclic) bond motifs is 1. The SMILES string of the molecule is CC(C)C(O)CC(=O)Nc1ccc(-n2cnc3ccccc32)nc1. The number of carbonyl (C=O) groups excluding carboxylic acids is 1. The zero-order chi connectivity index (χ0) is 17.1. The van der Waals surface area contributed by atoms with Crippen molar-refractivity contribution in [2.75, 3.05) is 5.32 Å². The summed E-state index contributed by atoms with van der Waals surface area (Å²) in [6, 6.07) is 11.4. The molecule has 6 heteroatoms. The lowest BCUT2D eigenvalue weighted by Crippen LogP contribution is -2.23. The smallest absolute Gasteiger partial charge is 0.227 e. The number of nitrogens with zero attached hydrogens (tertiary/aromatic N) is 3. The molecule has 1 atom stereocenters. The van der Waals surface area contributed by atoms with Gasteiger partial charge in [0.1, 0.15) is 12.1 Å². The molecule has 0 aliphatic heterocycles. The molecule has 124 valence electrons. The Hall–Kier alpha value is -2.73. The van der Waals surface area contributed by atoms with Crippen molar-refractivity contribution in [1.29, 1.82) is 0 Å². The number of benzene rings is 1. The lowest BCUT2D eigenvalue weighted by atomic mass is 10.0. The van der Waals surface area contributed by atoms with E-state index < -0.39 is 6.10 Å². The Labute approximate surface area is 140 Å². The van der Waals surface area contributed by atoms with E-state index in [4.69, 9.17) is 0 Å². The molecule has 0 aliphatic carbocycles. The molecule has 0 saturated carbocycles. The second-order valence-corrected chi connectivity index (χ2v) is 6.07. The number of pyridine rings is 1. The van der Waals surface area contributed by atoms with Crippen LogP contribution in [0, 0.1) is 5.92 Å². The molecule has 2 aromatic heterocycles. The standard InChI is InChI=1S/C18H20N4O2/c1-12(2)16(23)9-18(24)21-13-7-8-17(19-10-13)22-11-20-14-5-3-4-6-15(14)22/h3-8,10-12,16,23H,9H2,1-2H3,(H,21,24). The van der Waals surface area contributed by atoms with E-state index in [2.05, 4.69) is 15.3 Å². The number of rotatable bonds is 5. The van der Waals surface area contributed by atoms with Gasteiger partial charge in [0.05, 0.1) is 35.4 Å². The fourth-order valence-corrected chi connectivity index (χ4v) is 2.38. The number of amides is 1. The number of imidazole rings is 1. The number of hydrogen-bond donors (Lipinski definition) is 2. The monoisotopic (exact) mass is 324 g/mol. The van der Waals surface area contributed by atoms with Gasteiger partial charge in [-0.15, -0.1) is 0 Å². The number of para-hydroxylation sites is 2. The molecule has 0 spiro atoms. The molecule has 3 rings (SSSR count). The van der Waals surface area contributed by atoms with Gasteiger partial charge in [-0.2, -0.15) is 0 Å². The first-order valence-electron chi connectivity index (χ1n) is 7.91. The summed E-state index contributed by atoms with van der Waals surface area (Å²) in [7, 11) is 0. The molecule has 24 heavy (non-hydrogen) atoms. The van der Waals surface area contributed by atoms with Crippen LogP contribution in [0.1, 0.15) is 20.3 Å². The van der Waals surface area contributed by atoms with Gasteiger partial charge in [-0.25, -0.2) is 9.97 Å². The van der Waals surface area contributed by atoms with E-state index in [1.807, 2.05) is 48.7 Å². The summed E-state index contributed by atoms with van der Waals surface area (Å²) in [4.78, 5) is 20.6. The van der Waals surface area contributed by atoms with Crippen molar-refractivity contribution in [1.82, 2.24) is 14.5 Å². The van der Waals surface area contributed by atoms with Gasteiger partial charge in [0, 0.05) is 0 Å². The van der Waals surface area contributed by atoms with Crippen LogP contribution < -0.4 is 5.32 Å². The third-order valence-electron chi connectivity index (χ3n) is 3.90. The van der Waals surface area contributed by atoms with Gasteiger partial charge in [0.2, 0.25) is 5.91 Å². The Balaban J connectivity index is 1.73. The fraction of sp³-hybridized carbons (Fsp3) is 0.278. The number of anilines is 1. The predicted octanol–water partition coefficient (Wildman–Crippen LogP) is 2.77. The Morgan fingerprint density at radius 3 is 2.71 bits per heavy atom. The molecule has 0 aliphatic rings. The number of hydrogen-bond acceptors (Lipinski definition) is 4. The molecule has 2 N–H and O–H groups in total. The van der Waals surface area contributed by atoms with Gasteiger partial charge in [-0.3, -0.25) is 9.36 Å². The summed E-state index contributed by atoms with van der Waals surface area (Å²) in [6.07, 6.45) is 2.76. The van der Waals surface area contributed by atoms with Crippen LogP contribution in [-0.2, 0) is 4.79 Å². The second-order valence-electron chi connectivity index (χ2n) is 6.07. The Morgan fingerprint density at radius 1 is 1.21 bits per heavy atom. The first kappa shape index (κ1) is 16.1. The van der Waals surface area contributed by atoms with E-state index in [-0.39, 0.29) is 18.2 Å². The predicted molar refractivity (Wildman–Crippen MR) is 93.0 cm³/mol. The third-order valence-corrected chi connectivity index (χ3v) is 3.90. The fourth-order valence-electron chi connectivity index (χ4n) is 2.38. The first-order chi connectivity index (χ1) is 11.5. The van der Waals surface area contributed by atoms with Gasteiger partial charge >= 0.3 is 0 Å². The number of aliphatic hydroxyl groups excluding tert-OH is 1. The summed E-state index contributed by atoms with van der Waals surface area (Å²) in [5, 5.41) is 12.5. The summed E-state index contributed by atoms with van der Waals surface area (Å²) in [5.74, 6) is 0.550. The highest BCUT2D eigenvalue weighted by atomic mass is 16.3. The molecule has 0 radical (unpaired) electrons. The van der Waals surface area contributed by atoms with Crippen molar-refractivity contribution in [3.63, 3.8) is 0 Å². The number of aromatic nitrogens is 3. The molecule has 0 saturated heterocycles. The second kappa shape index (κ2) is 6.80. The zero-order valence-corrected chi connectivity index (χ0v) is 13.7. The summed E-state index contributed by atoms with van der Waals surface area (Å²) in [5.41, 5.74) is 2.48. The van der Waals surface area contributed by atoms with Crippen molar-refractivity contribution in [2.45, 2.75) is 26.4 Å². The number of carbonyl (C=O) groups is 1. The molecule has 1 aromatic carbocycles. The largest absolute Gasteiger partial charge is 0.392 e. The van der Waals surface area contributed by atoms with Gasteiger partial charge in [-0.1, -0.05) is 26.0 Å². The van der Waals surface area contributed by atoms with Crippen LogP contribution in [0.4, 0.5) is 5.69 Å². The van der Waals surface area contributed by atoms with Crippen LogP contribution in [0.5, 0.6) is 0 Å². The highest BCUT2D eigenvalue weighted by Crippen LogP contribution is 2.17. The summed E-state index contributed by atoms with van der Waals surface area (Å²) >= 11 is 0. The van der Waals surface area contributed by atoms with E-state index in [1.165, 1.54) is 0 Å². The van der Waals surface area contributed by atoms with Crippen LogP contribution in [0.2, 0.25) is 0 Å². The average Bonchev–Trinajstić information content (AvgIpc) is 2.99. The number of nitrogens with one attached hydrogen (secondary N) is 1. The minimum atomic E-state index is -0.644. The van der Waals surface area contributed by atoms with Crippen molar-refractivity contribution < 1.29 is 9.90 Å². The van der Waals surface area contributed by atoms with Gasteiger partial charge in [0.25, 0.3) is 0 Å². The molecule has 6 nitrogen and oxygen atoms in total. The quantitative estimate of drug-likeness (QED) is 0.756. The first-order valence-corrected chi connectivity index (χ1v) is 7.91. The molecule has 1 amide bonds. The lowest BCUT2D eigenvalue weighted by Gasteiger charge is -2.14. The van der Waals surface area contributed by atoms with Gasteiger partial charge < -0.3 is 10.4 Å². The number of aliphatic hydroxyl groups is 1. The molecular formula is C18H20N4O2. The van der Waals surface area contributed by atoms with Gasteiger partial charge in [0.15, 0.2) is 0 Å². The molecule has 0 fully saturated rings. The van der Waals surface area contributed by atoms with Crippen LogP contribution >= 0.6 is 0 Å². The van der Waals surface area contributed by atoms with E-state index in [0.29, 0.717) is 5.69 Å².